The van der Waals surface area contributed by atoms with Crippen LogP contribution < -0.4 is 20.8 Å². The largest absolute Gasteiger partial charge is 0.361 e. The van der Waals surface area contributed by atoms with Gasteiger partial charge in [-0.25, -0.2) is 4.79 Å². The highest BCUT2D eigenvalue weighted by molar-refractivity contribution is 7.62. The fraction of sp³-hybridized carbons (Fsp3) is 0.312. The lowest BCUT2D eigenvalue weighted by Gasteiger charge is -2.31. The molecule has 1 saturated heterocycles. The molecule has 220 valence electrons. The molecule has 2 aliphatic heterocycles. The average Bonchev–Trinajstić information content (AvgIpc) is 3.35. The van der Waals surface area contributed by atoms with E-state index in [0.717, 1.165) is 49.3 Å². The third-order valence-corrected chi connectivity index (χ3v) is 9.52. The van der Waals surface area contributed by atoms with Gasteiger partial charge < -0.3 is 24.6 Å². The van der Waals surface area contributed by atoms with E-state index in [2.05, 4.69) is 10.6 Å². The summed E-state index contributed by atoms with van der Waals surface area (Å²) in [4.78, 5) is 30.0. The Bertz CT molecular complexity index is 1510. The quantitative estimate of drug-likeness (QED) is 0.217. The van der Waals surface area contributed by atoms with Gasteiger partial charge in [-0.05, 0) is 81.1 Å². The van der Waals surface area contributed by atoms with Crippen LogP contribution in [0.25, 0.3) is 11.3 Å². The number of hydrogen-bond acceptors (Lipinski definition) is 6. The first-order valence-corrected chi connectivity index (χ1v) is 15.9. The van der Waals surface area contributed by atoms with Gasteiger partial charge >= 0.3 is 13.6 Å². The Balaban J connectivity index is 1.51. The number of piperidine rings is 1. The minimum Gasteiger partial charge on any atom is -0.354 e. The van der Waals surface area contributed by atoms with Crippen molar-refractivity contribution >= 4 is 53.2 Å². The molecule has 3 amide bonds. The maximum atomic E-state index is 13.6. The highest BCUT2D eigenvalue weighted by atomic mass is 31.2. The van der Waals surface area contributed by atoms with Crippen molar-refractivity contribution in [1.29, 1.82) is 0 Å². The molecule has 3 aromatic carbocycles. The smallest absolute Gasteiger partial charge is 0.354 e. The molecule has 0 radical (unpaired) electrons. The molecule has 0 bridgehead atoms. The summed E-state index contributed by atoms with van der Waals surface area (Å²) < 4.78 is 24.7. The number of amides is 3. The Morgan fingerprint density at radius 3 is 2.26 bits per heavy atom. The van der Waals surface area contributed by atoms with Crippen LogP contribution in [-0.2, 0) is 18.4 Å². The Labute approximate surface area is 247 Å². The van der Waals surface area contributed by atoms with Gasteiger partial charge in [0.05, 0.1) is 29.8 Å². The van der Waals surface area contributed by atoms with E-state index in [4.69, 9.17) is 9.05 Å². The summed E-state index contributed by atoms with van der Waals surface area (Å²) in [5.41, 5.74) is 4.56. The zero-order valence-electron chi connectivity index (χ0n) is 24.3. The van der Waals surface area contributed by atoms with E-state index in [-0.39, 0.29) is 25.2 Å². The number of rotatable bonds is 9. The van der Waals surface area contributed by atoms with Crippen LogP contribution in [0, 0.1) is 0 Å². The molecule has 42 heavy (non-hydrogen) atoms. The number of urea groups is 1. The van der Waals surface area contributed by atoms with E-state index < -0.39 is 7.60 Å². The molecule has 0 atom stereocenters. The average molecular weight is 589 g/mol. The minimum absolute atomic E-state index is 0.00562. The summed E-state index contributed by atoms with van der Waals surface area (Å²) in [6.07, 6.45) is 3.23. The molecule has 2 aliphatic rings. The second-order valence-corrected chi connectivity index (χ2v) is 12.2. The fourth-order valence-corrected chi connectivity index (χ4v) is 6.90. The molecule has 0 aliphatic carbocycles. The van der Waals surface area contributed by atoms with E-state index in [9.17, 15) is 14.2 Å². The van der Waals surface area contributed by atoms with Gasteiger partial charge in [-0.1, -0.05) is 30.3 Å². The fourth-order valence-electron chi connectivity index (χ4n) is 5.30. The number of benzene rings is 3. The second kappa shape index (κ2) is 12.9. The number of nitrogens with zero attached hydrogens (tertiary/aromatic N) is 2. The van der Waals surface area contributed by atoms with Gasteiger partial charge in [0.15, 0.2) is 0 Å². The van der Waals surface area contributed by atoms with Crippen LogP contribution in [0.4, 0.5) is 21.9 Å². The molecule has 10 heteroatoms. The molecule has 9 nitrogen and oxygen atoms in total. The summed E-state index contributed by atoms with van der Waals surface area (Å²) in [5.74, 6) is -0.278. The van der Waals surface area contributed by atoms with Crippen LogP contribution in [0.1, 0.15) is 44.2 Å². The van der Waals surface area contributed by atoms with Crippen LogP contribution in [0.3, 0.4) is 0 Å². The highest BCUT2D eigenvalue weighted by Gasteiger charge is 2.33. The van der Waals surface area contributed by atoms with Crippen LogP contribution in [0.15, 0.2) is 72.8 Å². The lowest BCUT2D eigenvalue weighted by molar-refractivity contribution is -0.110. The molecule has 2 heterocycles. The molecule has 0 aromatic heterocycles. The first kappa shape index (κ1) is 29.6. The third-order valence-electron chi connectivity index (χ3n) is 7.41. The van der Waals surface area contributed by atoms with Gasteiger partial charge in [0, 0.05) is 42.8 Å². The zero-order valence-corrected chi connectivity index (χ0v) is 25.2. The number of carbonyl (C=O) groups is 2. The number of nitrogens with one attached hydrogen (secondary N) is 2. The molecule has 3 aromatic rings. The van der Waals surface area contributed by atoms with Crippen molar-refractivity contribution < 1.29 is 23.2 Å². The van der Waals surface area contributed by atoms with E-state index in [0.29, 0.717) is 27.8 Å². The maximum Gasteiger partial charge on any atom is 0.361 e. The predicted octanol–water partition coefficient (Wildman–Crippen LogP) is 6.55. The molecule has 1 fully saturated rings. The summed E-state index contributed by atoms with van der Waals surface area (Å²) in [6.45, 7) is 5.54. The van der Waals surface area contributed by atoms with Gasteiger partial charge in [-0.15, -0.1) is 0 Å². The van der Waals surface area contributed by atoms with Crippen LogP contribution in [-0.4, -0.2) is 50.2 Å². The molecule has 5 rings (SSSR count). The minimum atomic E-state index is -3.57. The van der Waals surface area contributed by atoms with E-state index in [1.807, 2.05) is 59.5 Å². The zero-order chi connectivity index (χ0) is 29.7. The predicted molar refractivity (Wildman–Crippen MR) is 168 cm³/mol. The van der Waals surface area contributed by atoms with Crippen LogP contribution in [0.2, 0.25) is 0 Å². The number of fused-ring (bicyclic) bond motifs is 1. The van der Waals surface area contributed by atoms with Gasteiger partial charge in [0.25, 0.3) is 5.91 Å². The molecular formula is C32H37N4O5P. The van der Waals surface area contributed by atoms with Crippen molar-refractivity contribution in [3.05, 3.63) is 83.9 Å². The number of anilines is 3. The first-order valence-electron chi connectivity index (χ1n) is 14.4. The van der Waals surface area contributed by atoms with E-state index >= 15 is 0 Å². The third kappa shape index (κ3) is 6.14. The maximum absolute atomic E-state index is 13.6. The molecule has 2 N–H and O–H groups in total. The van der Waals surface area contributed by atoms with Crippen molar-refractivity contribution in [3.63, 3.8) is 0 Å². The molecule has 0 saturated carbocycles. The Kier molecular flexibility index (Phi) is 9.12. The summed E-state index contributed by atoms with van der Waals surface area (Å²) in [6, 6.07) is 22.2. The Hall–Kier alpha value is -3.91. The number of carbonyl (C=O) groups excluding carboxylic acids is 2. The van der Waals surface area contributed by atoms with Crippen LogP contribution in [0.5, 0.6) is 0 Å². The van der Waals surface area contributed by atoms with E-state index in [1.54, 1.807) is 44.0 Å². The van der Waals surface area contributed by atoms with Gasteiger partial charge in [0.2, 0.25) is 0 Å². The van der Waals surface area contributed by atoms with Crippen molar-refractivity contribution in [2.24, 2.45) is 0 Å². The van der Waals surface area contributed by atoms with Crippen LogP contribution >= 0.6 is 7.60 Å². The van der Waals surface area contributed by atoms with Crippen molar-refractivity contribution in [2.75, 3.05) is 48.9 Å². The lowest BCUT2D eigenvalue weighted by Crippen LogP contribution is -2.43. The first-order chi connectivity index (χ1) is 20.3. The standard InChI is InChI=1S/C32H37N4O5P/c1-4-40-42(39,41-5-2)26-18-19-28-27(22-26)29(31(37)34-28)30(23-12-8-6-9-13-23)33-24-14-16-25(17-15-24)35(3)32(38)36-20-10-7-11-21-36/h6,8-9,12-19,22,33H,4-5,7,10-11,20-21H2,1-3H3,(H,34,37)/b30-29-. The number of hydrogen-bond donors (Lipinski definition) is 2. The van der Waals surface area contributed by atoms with Crippen molar-refractivity contribution in [1.82, 2.24) is 4.90 Å². The van der Waals surface area contributed by atoms with Crippen molar-refractivity contribution in [3.8, 4) is 0 Å². The summed E-state index contributed by atoms with van der Waals surface area (Å²) in [5, 5.41) is 6.77. The lowest BCUT2D eigenvalue weighted by atomic mass is 10.00. The summed E-state index contributed by atoms with van der Waals surface area (Å²) in [7, 11) is -1.78. The van der Waals surface area contributed by atoms with E-state index in [1.165, 1.54) is 0 Å². The highest BCUT2D eigenvalue weighted by Crippen LogP contribution is 2.48. The topological polar surface area (TPSA) is 100 Å². The second-order valence-electron chi connectivity index (χ2n) is 10.2. The van der Waals surface area contributed by atoms with Gasteiger partial charge in [-0.3, -0.25) is 14.3 Å². The Morgan fingerprint density at radius 1 is 0.952 bits per heavy atom. The monoisotopic (exact) mass is 588 g/mol. The van der Waals surface area contributed by atoms with Gasteiger partial charge in [0.1, 0.15) is 0 Å². The Morgan fingerprint density at radius 2 is 1.62 bits per heavy atom. The van der Waals surface area contributed by atoms with Gasteiger partial charge in [-0.2, -0.15) is 0 Å². The SMILES string of the molecule is CCOP(=O)(OCC)c1ccc2c(c1)/C(=C(/Nc1ccc(N(C)C(=O)N3CCCCC3)cc1)c1ccccc1)C(=O)N2. The van der Waals surface area contributed by atoms with Crippen molar-refractivity contribution in [2.45, 2.75) is 33.1 Å². The molecule has 0 spiro atoms. The normalized spacial score (nSPS) is 16.1. The molecule has 0 unspecified atom stereocenters. The summed E-state index contributed by atoms with van der Waals surface area (Å²) >= 11 is 0. The number of likely N-dealkylation sites (tertiary alicyclic amines) is 1. The molecular weight excluding hydrogens is 551 g/mol.